The van der Waals surface area contributed by atoms with Crippen LogP contribution >= 0.6 is 0 Å². The van der Waals surface area contributed by atoms with Crippen LogP contribution in [0.2, 0.25) is 0 Å². The SMILES string of the molecule is O=C1CC[C@@H](C(=O)N2CCCC2c2nc(Nc3ccccc3)cc(-c3cccnc3)n2)N1. The molecule has 32 heavy (non-hydrogen) atoms. The first kappa shape index (κ1) is 20.1. The number of nitrogens with one attached hydrogen (secondary N) is 2. The molecule has 8 nitrogen and oxygen atoms in total. The maximum Gasteiger partial charge on any atom is 0.245 e. The van der Waals surface area contributed by atoms with Gasteiger partial charge in [0.2, 0.25) is 11.8 Å². The van der Waals surface area contributed by atoms with Crippen LogP contribution in [0.3, 0.4) is 0 Å². The predicted octanol–water partition coefficient (Wildman–Crippen LogP) is 3.22. The average molecular weight is 428 g/mol. The van der Waals surface area contributed by atoms with Crippen molar-refractivity contribution < 1.29 is 9.59 Å². The Kier molecular flexibility index (Phi) is 5.49. The highest BCUT2D eigenvalue weighted by Crippen LogP contribution is 2.33. The molecule has 1 aromatic carbocycles. The number of benzene rings is 1. The van der Waals surface area contributed by atoms with Gasteiger partial charge in [-0.2, -0.15) is 0 Å². The number of hydrogen-bond acceptors (Lipinski definition) is 6. The number of para-hydroxylation sites is 1. The fourth-order valence-electron chi connectivity index (χ4n) is 4.31. The van der Waals surface area contributed by atoms with E-state index in [4.69, 9.17) is 9.97 Å². The van der Waals surface area contributed by atoms with E-state index in [1.165, 1.54) is 0 Å². The lowest BCUT2D eigenvalue weighted by molar-refractivity contribution is -0.135. The summed E-state index contributed by atoms with van der Waals surface area (Å²) in [6, 6.07) is 14.9. The van der Waals surface area contributed by atoms with Gasteiger partial charge in [0.15, 0.2) is 5.82 Å². The second-order valence-corrected chi connectivity index (χ2v) is 8.08. The summed E-state index contributed by atoms with van der Waals surface area (Å²) in [5.41, 5.74) is 2.54. The van der Waals surface area contributed by atoms with Crippen LogP contribution in [0.5, 0.6) is 0 Å². The lowest BCUT2D eigenvalue weighted by Crippen LogP contribution is -2.44. The van der Waals surface area contributed by atoms with E-state index in [-0.39, 0.29) is 17.9 Å². The van der Waals surface area contributed by atoms with Gasteiger partial charge >= 0.3 is 0 Å². The number of amides is 2. The summed E-state index contributed by atoms with van der Waals surface area (Å²) < 4.78 is 0. The molecule has 4 heterocycles. The van der Waals surface area contributed by atoms with Crippen LogP contribution in [-0.2, 0) is 9.59 Å². The van der Waals surface area contributed by atoms with Gasteiger partial charge in [0, 0.05) is 42.7 Å². The quantitative estimate of drug-likeness (QED) is 0.647. The zero-order valence-electron chi connectivity index (χ0n) is 17.6. The van der Waals surface area contributed by atoms with Gasteiger partial charge in [-0.05, 0) is 43.5 Å². The van der Waals surface area contributed by atoms with Crippen molar-refractivity contribution in [3.8, 4) is 11.3 Å². The molecule has 8 heteroatoms. The molecule has 0 radical (unpaired) electrons. The minimum atomic E-state index is -0.452. The normalized spacial score (nSPS) is 20.2. The Morgan fingerprint density at radius 1 is 1.09 bits per heavy atom. The van der Waals surface area contributed by atoms with Crippen molar-refractivity contribution in [2.24, 2.45) is 0 Å². The summed E-state index contributed by atoms with van der Waals surface area (Å²) in [5, 5.41) is 6.14. The van der Waals surface area contributed by atoms with Gasteiger partial charge in [-0.15, -0.1) is 0 Å². The molecule has 5 rings (SSSR count). The molecule has 162 valence electrons. The molecule has 2 fully saturated rings. The summed E-state index contributed by atoms with van der Waals surface area (Å²) in [5.74, 6) is 1.14. The summed E-state index contributed by atoms with van der Waals surface area (Å²) in [7, 11) is 0. The van der Waals surface area contributed by atoms with E-state index in [0.717, 1.165) is 29.8 Å². The largest absolute Gasteiger partial charge is 0.344 e. The first-order valence-electron chi connectivity index (χ1n) is 10.9. The molecule has 2 N–H and O–H groups in total. The number of hydrogen-bond donors (Lipinski definition) is 2. The number of pyridine rings is 1. The van der Waals surface area contributed by atoms with E-state index in [1.54, 1.807) is 12.4 Å². The average Bonchev–Trinajstić information content (AvgIpc) is 3.49. The van der Waals surface area contributed by atoms with E-state index in [1.807, 2.05) is 53.4 Å². The van der Waals surface area contributed by atoms with Crippen LogP contribution in [0.4, 0.5) is 11.5 Å². The van der Waals surface area contributed by atoms with Crippen LogP contribution in [0.1, 0.15) is 37.5 Å². The molecule has 2 aromatic heterocycles. The standard InChI is InChI=1S/C24H24N6O2/c31-22-11-10-18(27-22)24(32)30-13-5-9-20(30)23-28-19(16-6-4-12-25-15-16)14-21(29-23)26-17-7-2-1-3-8-17/h1-4,6-8,12,14-15,18,20H,5,9-11,13H2,(H,27,31)(H,26,28,29)/t18-,20?/m0/s1. The van der Waals surface area contributed by atoms with E-state index >= 15 is 0 Å². The van der Waals surface area contributed by atoms with Crippen molar-refractivity contribution in [3.05, 3.63) is 66.7 Å². The molecule has 0 aliphatic carbocycles. The van der Waals surface area contributed by atoms with Gasteiger partial charge in [-0.1, -0.05) is 18.2 Å². The highest BCUT2D eigenvalue weighted by Gasteiger charge is 2.38. The predicted molar refractivity (Wildman–Crippen MR) is 120 cm³/mol. The summed E-state index contributed by atoms with van der Waals surface area (Å²) in [6.07, 6.45) is 6.09. The lowest BCUT2D eigenvalue weighted by Gasteiger charge is -2.27. The zero-order chi connectivity index (χ0) is 21.9. The number of nitrogens with zero attached hydrogens (tertiary/aromatic N) is 4. The van der Waals surface area contributed by atoms with Crippen molar-refractivity contribution in [1.29, 1.82) is 0 Å². The maximum absolute atomic E-state index is 13.1. The van der Waals surface area contributed by atoms with Crippen LogP contribution in [0.15, 0.2) is 60.9 Å². The number of rotatable bonds is 5. The summed E-state index contributed by atoms with van der Waals surface area (Å²) in [6.45, 7) is 0.637. The first-order chi connectivity index (χ1) is 15.7. The molecule has 2 amide bonds. The van der Waals surface area contributed by atoms with Crippen molar-refractivity contribution in [2.45, 2.75) is 37.8 Å². The van der Waals surface area contributed by atoms with Gasteiger partial charge in [0.25, 0.3) is 0 Å². The minimum absolute atomic E-state index is 0.0497. The summed E-state index contributed by atoms with van der Waals surface area (Å²) in [4.78, 5) is 40.4. The molecular weight excluding hydrogens is 404 g/mol. The first-order valence-corrected chi connectivity index (χ1v) is 10.9. The third-order valence-electron chi connectivity index (χ3n) is 5.87. The molecule has 1 unspecified atom stereocenters. The smallest absolute Gasteiger partial charge is 0.245 e. The Morgan fingerprint density at radius 3 is 2.72 bits per heavy atom. The Hall–Kier alpha value is -3.81. The van der Waals surface area contributed by atoms with Gasteiger partial charge in [0.1, 0.15) is 11.9 Å². The van der Waals surface area contributed by atoms with E-state index < -0.39 is 6.04 Å². The maximum atomic E-state index is 13.1. The van der Waals surface area contributed by atoms with Crippen LogP contribution in [-0.4, -0.2) is 44.3 Å². The summed E-state index contributed by atoms with van der Waals surface area (Å²) >= 11 is 0. The Morgan fingerprint density at radius 2 is 1.97 bits per heavy atom. The van der Waals surface area contributed by atoms with Crippen LogP contribution < -0.4 is 10.6 Å². The van der Waals surface area contributed by atoms with Crippen LogP contribution in [0, 0.1) is 0 Å². The molecule has 2 atom stereocenters. The monoisotopic (exact) mass is 428 g/mol. The fourth-order valence-corrected chi connectivity index (χ4v) is 4.31. The Labute approximate surface area is 186 Å². The van der Waals surface area contributed by atoms with E-state index in [2.05, 4.69) is 15.6 Å². The third-order valence-corrected chi connectivity index (χ3v) is 5.87. The number of carbonyl (C=O) groups is 2. The third kappa shape index (κ3) is 4.16. The van der Waals surface area contributed by atoms with Crippen molar-refractivity contribution in [3.63, 3.8) is 0 Å². The van der Waals surface area contributed by atoms with Gasteiger partial charge in [0.05, 0.1) is 11.7 Å². The molecule has 0 saturated carbocycles. The van der Waals surface area contributed by atoms with Gasteiger partial charge in [-0.25, -0.2) is 9.97 Å². The Balaban J connectivity index is 1.49. The molecule has 0 bridgehead atoms. The molecule has 3 aromatic rings. The van der Waals surface area contributed by atoms with Crippen molar-refractivity contribution >= 4 is 23.3 Å². The number of likely N-dealkylation sites (tertiary alicyclic amines) is 1. The van der Waals surface area contributed by atoms with Crippen molar-refractivity contribution in [2.75, 3.05) is 11.9 Å². The van der Waals surface area contributed by atoms with Gasteiger partial charge in [-0.3, -0.25) is 14.6 Å². The second kappa shape index (κ2) is 8.74. The molecule has 2 saturated heterocycles. The topological polar surface area (TPSA) is 100 Å². The number of carbonyl (C=O) groups excluding carboxylic acids is 2. The fraction of sp³-hybridized carbons (Fsp3) is 0.292. The second-order valence-electron chi connectivity index (χ2n) is 8.08. The van der Waals surface area contributed by atoms with Gasteiger partial charge < -0.3 is 15.5 Å². The molecule has 0 spiro atoms. The highest BCUT2D eigenvalue weighted by atomic mass is 16.2. The lowest BCUT2D eigenvalue weighted by atomic mass is 10.1. The van der Waals surface area contributed by atoms with E-state index in [9.17, 15) is 9.59 Å². The van der Waals surface area contributed by atoms with Crippen molar-refractivity contribution in [1.82, 2.24) is 25.2 Å². The number of anilines is 2. The number of aromatic nitrogens is 3. The minimum Gasteiger partial charge on any atom is -0.344 e. The Bertz CT molecular complexity index is 1120. The van der Waals surface area contributed by atoms with Crippen LogP contribution in [0.25, 0.3) is 11.3 Å². The molecular formula is C24H24N6O2. The molecule has 2 aliphatic heterocycles. The molecule has 2 aliphatic rings. The van der Waals surface area contributed by atoms with E-state index in [0.29, 0.717) is 31.0 Å². The zero-order valence-corrected chi connectivity index (χ0v) is 17.6. The highest BCUT2D eigenvalue weighted by molar-refractivity contribution is 5.91.